The van der Waals surface area contributed by atoms with Gasteiger partial charge in [-0.3, -0.25) is 22.8 Å². The smallest absolute Gasteiger partial charge is 0.315 e. The molecule has 7 aromatic rings. The van der Waals surface area contributed by atoms with Crippen LogP contribution in [0.1, 0.15) is 5.56 Å². The number of hydrogen-bond acceptors (Lipinski definition) is 19. The lowest BCUT2D eigenvalue weighted by Crippen LogP contribution is -2.08. The molecule has 342 valence electrons. The first-order chi connectivity index (χ1) is 30.6. The lowest BCUT2D eigenvalue weighted by atomic mass is 10.1. The number of aromatic nitrogens is 3. The van der Waals surface area contributed by atoms with Crippen molar-refractivity contribution in [2.24, 2.45) is 20.5 Å². The van der Waals surface area contributed by atoms with Crippen LogP contribution in [-0.2, 0) is 50.6 Å². The van der Waals surface area contributed by atoms with E-state index in [9.17, 15) is 69.2 Å². The second kappa shape index (κ2) is 17.2. The predicted octanol–water partition coefficient (Wildman–Crippen LogP) is 7.18. The Morgan fingerprint density at radius 1 is 0.470 bits per heavy atom. The van der Waals surface area contributed by atoms with Crippen molar-refractivity contribution in [1.82, 2.24) is 15.0 Å². The van der Waals surface area contributed by atoms with Gasteiger partial charge in [-0.05, 0) is 91.3 Å². The zero-order valence-electron chi connectivity index (χ0n) is 32.6. The van der Waals surface area contributed by atoms with Crippen LogP contribution in [0.3, 0.4) is 0 Å². The summed E-state index contributed by atoms with van der Waals surface area (Å²) in [4.78, 5) is 6.59. The minimum Gasteiger partial charge on any atom is -0.324 e. The quantitative estimate of drug-likeness (QED) is 0.0444. The van der Waals surface area contributed by atoms with Crippen molar-refractivity contribution in [3.63, 3.8) is 0 Å². The van der Waals surface area contributed by atoms with E-state index in [4.69, 9.17) is 0 Å². The normalized spacial score (nSPS) is 13.0. The van der Waals surface area contributed by atoms with E-state index in [0.717, 1.165) is 24.3 Å². The van der Waals surface area contributed by atoms with E-state index < -0.39 is 104 Å². The average Bonchev–Trinajstić information content (AvgIpc) is 3.20. The summed E-state index contributed by atoms with van der Waals surface area (Å²) < 4.78 is 184. The molecule has 24 nitrogen and oxygen atoms in total. The fourth-order valence-electron chi connectivity index (χ4n) is 6.19. The molecule has 1 aromatic heterocycles. The minimum absolute atomic E-state index is 0.0336. The van der Waals surface area contributed by atoms with Gasteiger partial charge in [0.2, 0.25) is 11.9 Å². The zero-order chi connectivity index (χ0) is 48.1. The first-order valence-corrected chi connectivity index (χ1v) is 24.9. The van der Waals surface area contributed by atoms with E-state index >= 15 is 0 Å². The number of benzene rings is 6. The Hall–Kier alpha value is -6.87. The number of aryl methyl sites for hydroxylation is 1. The van der Waals surface area contributed by atoms with Crippen LogP contribution in [0.2, 0.25) is 0 Å². The van der Waals surface area contributed by atoms with Crippen LogP contribution < -0.4 is 10.6 Å². The van der Waals surface area contributed by atoms with Crippen molar-refractivity contribution < 1.29 is 69.2 Å². The monoisotopic (exact) mass is 1000 g/mol. The highest BCUT2D eigenvalue weighted by atomic mass is 32.2. The molecule has 0 atom stereocenters. The molecule has 30 heteroatoms. The average molecular weight is 1000 g/mol. The molecule has 66 heavy (non-hydrogen) atoms. The highest BCUT2D eigenvalue weighted by Gasteiger charge is 2.26. The van der Waals surface area contributed by atoms with Crippen molar-refractivity contribution in [3.8, 4) is 0 Å². The molecule has 0 aliphatic heterocycles. The first-order valence-electron chi connectivity index (χ1n) is 17.7. The fourth-order valence-corrected chi connectivity index (χ4v) is 9.39. The molecule has 1 heterocycles. The second-order valence-electron chi connectivity index (χ2n) is 13.5. The van der Waals surface area contributed by atoms with Gasteiger partial charge in [0.15, 0.2) is 0 Å². The van der Waals surface area contributed by atoms with Crippen LogP contribution in [0.15, 0.2) is 142 Å². The van der Waals surface area contributed by atoms with E-state index in [2.05, 4.69) is 46.0 Å². The van der Waals surface area contributed by atoms with Crippen LogP contribution in [0.4, 0.5) is 50.4 Å². The molecule has 7 rings (SSSR count). The maximum absolute atomic E-state index is 14.4. The van der Waals surface area contributed by atoms with Crippen LogP contribution in [0.5, 0.6) is 0 Å². The molecule has 0 amide bonds. The van der Waals surface area contributed by atoms with Gasteiger partial charge < -0.3 is 10.6 Å². The Morgan fingerprint density at radius 2 is 1.00 bits per heavy atom. The summed E-state index contributed by atoms with van der Waals surface area (Å²) in [5.41, 5.74) is 0.414. The van der Waals surface area contributed by atoms with Crippen molar-refractivity contribution in [1.29, 1.82) is 0 Å². The third kappa shape index (κ3) is 10.5. The first kappa shape index (κ1) is 47.1. The summed E-state index contributed by atoms with van der Waals surface area (Å²) in [6.45, 7) is 1.64. The number of azo groups is 2. The number of fused-ring (bicyclic) bond motifs is 2. The number of rotatable bonds is 13. The number of nitrogens with one attached hydrogen (secondary N) is 2. The van der Waals surface area contributed by atoms with Gasteiger partial charge in [0.05, 0.1) is 38.2 Å². The highest BCUT2D eigenvalue weighted by Crippen LogP contribution is 2.39. The van der Waals surface area contributed by atoms with Gasteiger partial charge >= 0.3 is 6.08 Å². The minimum atomic E-state index is -5.34. The summed E-state index contributed by atoms with van der Waals surface area (Å²) in [7, 11) is -25.3. The van der Waals surface area contributed by atoms with Crippen LogP contribution in [0, 0.1) is 13.0 Å². The van der Waals surface area contributed by atoms with Gasteiger partial charge in [-0.1, -0.05) is 18.2 Å². The van der Waals surface area contributed by atoms with Crippen molar-refractivity contribution in [2.45, 2.75) is 31.4 Å². The molecule has 0 bridgehead atoms. The summed E-state index contributed by atoms with van der Waals surface area (Å²) in [6, 6.07) is 18.1. The lowest BCUT2D eigenvalue weighted by molar-refractivity contribution is 0.478. The Labute approximate surface area is 371 Å². The number of para-hydroxylation sites is 1. The van der Waals surface area contributed by atoms with E-state index in [0.29, 0.717) is 29.4 Å². The van der Waals surface area contributed by atoms with Crippen molar-refractivity contribution >= 4 is 118 Å². The SMILES string of the molecule is Cc1cc(Nc2nc(F)nc(Nc3ccccc3S(=O)(=O)O)n2)ccc1N=Nc1ccc(N=Nc2cc(S(=O)(=O)O)c3cc(S(=O)(=O)O)cc(S(=O)(=O)O)c3c2)c2cc(S(=O)(=O)O)ccc12. The predicted molar refractivity (Wildman–Crippen MR) is 229 cm³/mol. The molecule has 0 saturated heterocycles. The molecule has 0 aliphatic carbocycles. The Kier molecular flexibility index (Phi) is 12.3. The van der Waals surface area contributed by atoms with Crippen molar-refractivity contribution in [3.05, 3.63) is 109 Å². The van der Waals surface area contributed by atoms with Crippen LogP contribution in [0.25, 0.3) is 21.5 Å². The molecule has 0 fully saturated rings. The number of nitrogens with zero attached hydrogens (tertiary/aromatic N) is 7. The molecule has 0 spiro atoms. The van der Waals surface area contributed by atoms with Crippen molar-refractivity contribution in [2.75, 3.05) is 10.6 Å². The molecule has 7 N–H and O–H groups in total. The number of anilines is 4. The Bertz CT molecular complexity index is 3840. The lowest BCUT2D eigenvalue weighted by Gasteiger charge is -2.11. The van der Waals surface area contributed by atoms with Crippen LogP contribution in [-0.4, -0.2) is 79.8 Å². The fraction of sp³-hybridized carbons (Fsp3) is 0.0278. The van der Waals surface area contributed by atoms with Gasteiger partial charge in [-0.15, -0.1) is 10.2 Å². The van der Waals surface area contributed by atoms with E-state index in [1.807, 2.05) is 0 Å². The molecule has 6 aromatic carbocycles. The van der Waals surface area contributed by atoms with Gasteiger partial charge in [-0.2, -0.15) is 71.7 Å². The molecular weight excluding hydrogens is 978 g/mol. The van der Waals surface area contributed by atoms with E-state index in [1.54, 1.807) is 13.0 Å². The third-order valence-corrected chi connectivity index (χ3v) is 13.4. The Balaban J connectivity index is 1.22. The van der Waals surface area contributed by atoms with Gasteiger partial charge in [0.25, 0.3) is 50.6 Å². The molecule has 0 aliphatic rings. The third-order valence-electron chi connectivity index (χ3n) is 9.06. The second-order valence-corrected chi connectivity index (χ2v) is 20.6. The molecule has 0 saturated carbocycles. The van der Waals surface area contributed by atoms with E-state index in [-0.39, 0.29) is 39.5 Å². The van der Waals surface area contributed by atoms with Gasteiger partial charge in [0.1, 0.15) is 14.7 Å². The van der Waals surface area contributed by atoms with Gasteiger partial charge in [-0.25, -0.2) is 0 Å². The standard InChI is InChI=1S/C36H26FN9O15S5/c1-18-12-19(38-35-40-34(37)41-36(42-35)39-30-4-2-3-5-31(30)64(53,54)55)6-9-27(18)44-46-28-10-11-29(24-15-21(62(47,48)49)7-8-23(24)28)45-43-20-13-25-26(32(14-20)65(56,57)58)16-22(63(50,51)52)17-33(25)66(59,60)61/h2-17H,1H3,(H,47,48,49)(H,50,51,52)(H,53,54,55)(H,56,57,58)(H,59,60,61)(H2,38,39,40,41,42). The number of halogens is 1. The molecule has 0 radical (unpaired) electrons. The zero-order valence-corrected chi connectivity index (χ0v) is 36.7. The summed E-state index contributed by atoms with van der Waals surface area (Å²) in [6.07, 6.45) is -1.24. The maximum atomic E-state index is 14.4. The summed E-state index contributed by atoms with van der Waals surface area (Å²) in [5, 5.41) is 20.5. The largest absolute Gasteiger partial charge is 0.324 e. The topological polar surface area (TPSA) is 384 Å². The summed E-state index contributed by atoms with van der Waals surface area (Å²) in [5.74, 6) is -0.701. The maximum Gasteiger partial charge on any atom is 0.315 e. The van der Waals surface area contributed by atoms with Crippen LogP contribution >= 0.6 is 0 Å². The highest BCUT2D eigenvalue weighted by molar-refractivity contribution is 7.87. The number of hydrogen-bond donors (Lipinski definition) is 7. The van der Waals surface area contributed by atoms with E-state index in [1.165, 1.54) is 48.5 Å². The van der Waals surface area contributed by atoms with Gasteiger partial charge in [0, 0.05) is 27.2 Å². The summed E-state index contributed by atoms with van der Waals surface area (Å²) >= 11 is 0. The molecule has 0 unspecified atom stereocenters. The Morgan fingerprint density at radius 3 is 1.62 bits per heavy atom. The molecular formula is C36H26FN9O15S5.